The van der Waals surface area contributed by atoms with Crippen LogP contribution in [0.3, 0.4) is 0 Å². The van der Waals surface area contributed by atoms with Crippen molar-refractivity contribution < 1.29 is 19.8 Å². The Balaban J connectivity index is 2.85. The van der Waals surface area contributed by atoms with Crippen molar-refractivity contribution in [1.82, 2.24) is 9.80 Å². The van der Waals surface area contributed by atoms with E-state index in [0.717, 1.165) is 5.56 Å². The van der Waals surface area contributed by atoms with Gasteiger partial charge in [-0.2, -0.15) is 0 Å². The maximum absolute atomic E-state index is 12.5. The van der Waals surface area contributed by atoms with Gasteiger partial charge in [-0.1, -0.05) is 30.3 Å². The summed E-state index contributed by atoms with van der Waals surface area (Å²) >= 11 is 0. The average molecular weight is 308 g/mol. The molecule has 0 aliphatic carbocycles. The van der Waals surface area contributed by atoms with Crippen LogP contribution in [0.15, 0.2) is 30.3 Å². The van der Waals surface area contributed by atoms with Gasteiger partial charge >= 0.3 is 11.8 Å². The molecule has 0 saturated heterocycles. The number of carbonyl (C=O) groups is 2. The van der Waals surface area contributed by atoms with Gasteiger partial charge in [-0.3, -0.25) is 9.59 Å². The minimum atomic E-state index is -0.701. The SMILES string of the molecule is CC(C)N(Cc1ccccc1)C(=O)C(=O)N(CCO)CCO. The molecule has 2 N–H and O–H groups in total. The van der Waals surface area contributed by atoms with Crippen molar-refractivity contribution in [2.75, 3.05) is 26.3 Å². The summed E-state index contributed by atoms with van der Waals surface area (Å²) in [5.41, 5.74) is 0.938. The van der Waals surface area contributed by atoms with E-state index in [4.69, 9.17) is 10.2 Å². The molecule has 1 rings (SSSR count). The van der Waals surface area contributed by atoms with Crippen molar-refractivity contribution in [2.45, 2.75) is 26.4 Å². The number of aliphatic hydroxyl groups excluding tert-OH is 2. The topological polar surface area (TPSA) is 81.1 Å². The number of hydrogen-bond acceptors (Lipinski definition) is 4. The molecule has 0 fully saturated rings. The van der Waals surface area contributed by atoms with Gasteiger partial charge in [-0.05, 0) is 19.4 Å². The molecular weight excluding hydrogens is 284 g/mol. The molecule has 0 aliphatic heterocycles. The summed E-state index contributed by atoms with van der Waals surface area (Å²) in [7, 11) is 0. The zero-order valence-electron chi connectivity index (χ0n) is 13.1. The van der Waals surface area contributed by atoms with E-state index < -0.39 is 11.8 Å². The standard InChI is InChI=1S/C16H24N2O4/c1-13(2)18(12-14-6-4-3-5-7-14)16(22)15(21)17(8-10-19)9-11-20/h3-7,13,19-20H,8-12H2,1-2H3. The second-order valence-corrected chi connectivity index (χ2v) is 5.25. The molecule has 0 bridgehead atoms. The maximum atomic E-state index is 12.5. The Morgan fingerprint density at radius 2 is 1.55 bits per heavy atom. The highest BCUT2D eigenvalue weighted by Gasteiger charge is 2.28. The number of amides is 2. The Morgan fingerprint density at radius 1 is 1.00 bits per heavy atom. The molecule has 0 atom stereocenters. The summed E-state index contributed by atoms with van der Waals surface area (Å²) in [4.78, 5) is 27.4. The van der Waals surface area contributed by atoms with Crippen LogP contribution < -0.4 is 0 Å². The van der Waals surface area contributed by atoms with Gasteiger partial charge in [0.05, 0.1) is 13.2 Å². The first-order valence-electron chi connectivity index (χ1n) is 7.36. The van der Waals surface area contributed by atoms with Crippen molar-refractivity contribution in [2.24, 2.45) is 0 Å². The van der Waals surface area contributed by atoms with E-state index in [2.05, 4.69) is 0 Å². The molecule has 0 unspecified atom stereocenters. The Morgan fingerprint density at radius 3 is 2.00 bits per heavy atom. The van der Waals surface area contributed by atoms with Crippen LogP contribution in [0.25, 0.3) is 0 Å². The van der Waals surface area contributed by atoms with Gasteiger partial charge in [0.2, 0.25) is 0 Å². The van der Waals surface area contributed by atoms with Crippen LogP contribution in [0.1, 0.15) is 19.4 Å². The van der Waals surface area contributed by atoms with Gasteiger partial charge in [-0.25, -0.2) is 0 Å². The average Bonchev–Trinajstić information content (AvgIpc) is 2.51. The summed E-state index contributed by atoms with van der Waals surface area (Å²) in [5.74, 6) is -1.33. The van der Waals surface area contributed by atoms with Gasteiger partial charge in [0.1, 0.15) is 0 Å². The van der Waals surface area contributed by atoms with Crippen LogP contribution in [0, 0.1) is 0 Å². The van der Waals surface area contributed by atoms with Crippen molar-refractivity contribution in [3.63, 3.8) is 0 Å². The molecule has 0 aromatic heterocycles. The Kier molecular flexibility index (Phi) is 7.56. The van der Waals surface area contributed by atoms with Gasteiger partial charge in [0, 0.05) is 25.7 Å². The summed E-state index contributed by atoms with van der Waals surface area (Å²) in [5, 5.41) is 18.0. The van der Waals surface area contributed by atoms with Crippen LogP contribution in [0.2, 0.25) is 0 Å². The molecule has 0 heterocycles. The molecular formula is C16H24N2O4. The zero-order valence-corrected chi connectivity index (χ0v) is 13.1. The third kappa shape index (κ3) is 5.13. The number of carbonyl (C=O) groups excluding carboxylic acids is 2. The minimum absolute atomic E-state index is 0.0302. The van der Waals surface area contributed by atoms with E-state index in [1.807, 2.05) is 44.2 Å². The van der Waals surface area contributed by atoms with E-state index in [-0.39, 0.29) is 32.3 Å². The van der Waals surface area contributed by atoms with E-state index in [1.54, 1.807) is 0 Å². The molecule has 122 valence electrons. The molecule has 0 spiro atoms. The minimum Gasteiger partial charge on any atom is -0.395 e. The first kappa shape index (κ1) is 18.1. The molecule has 0 aliphatic rings. The van der Waals surface area contributed by atoms with Gasteiger partial charge in [0.25, 0.3) is 0 Å². The summed E-state index contributed by atoms with van der Waals surface area (Å²) < 4.78 is 0. The molecule has 1 aromatic rings. The van der Waals surface area contributed by atoms with Crippen molar-refractivity contribution in [3.05, 3.63) is 35.9 Å². The van der Waals surface area contributed by atoms with E-state index in [9.17, 15) is 9.59 Å². The fourth-order valence-electron chi connectivity index (χ4n) is 2.08. The largest absolute Gasteiger partial charge is 0.395 e. The smallest absolute Gasteiger partial charge is 0.312 e. The summed E-state index contributed by atoms with van der Waals surface area (Å²) in [6.45, 7) is 3.59. The molecule has 6 nitrogen and oxygen atoms in total. The Bertz CT molecular complexity index is 470. The predicted molar refractivity (Wildman–Crippen MR) is 82.9 cm³/mol. The Labute approximate surface area is 131 Å². The molecule has 1 aromatic carbocycles. The van der Waals surface area contributed by atoms with E-state index in [0.29, 0.717) is 6.54 Å². The first-order valence-corrected chi connectivity index (χ1v) is 7.36. The lowest BCUT2D eigenvalue weighted by Gasteiger charge is -2.29. The van der Waals surface area contributed by atoms with Crippen molar-refractivity contribution in [3.8, 4) is 0 Å². The van der Waals surface area contributed by atoms with E-state index >= 15 is 0 Å². The summed E-state index contributed by atoms with van der Waals surface area (Å²) in [6, 6.07) is 9.30. The second kappa shape index (κ2) is 9.17. The highest BCUT2D eigenvalue weighted by Crippen LogP contribution is 2.10. The van der Waals surface area contributed by atoms with Crippen molar-refractivity contribution >= 4 is 11.8 Å². The third-order valence-electron chi connectivity index (χ3n) is 3.29. The van der Waals surface area contributed by atoms with Gasteiger partial charge in [-0.15, -0.1) is 0 Å². The fourth-order valence-corrected chi connectivity index (χ4v) is 2.08. The lowest BCUT2D eigenvalue weighted by atomic mass is 10.2. The highest BCUT2D eigenvalue weighted by atomic mass is 16.3. The van der Waals surface area contributed by atoms with Crippen LogP contribution in [-0.2, 0) is 16.1 Å². The molecule has 0 radical (unpaired) electrons. The predicted octanol–water partition coefficient (Wildman–Crippen LogP) is 0.237. The molecule has 2 amide bonds. The Hall–Kier alpha value is -1.92. The lowest BCUT2D eigenvalue weighted by molar-refractivity contribution is -0.153. The molecule has 22 heavy (non-hydrogen) atoms. The lowest BCUT2D eigenvalue weighted by Crippen LogP contribution is -2.49. The zero-order chi connectivity index (χ0) is 16.5. The van der Waals surface area contributed by atoms with Gasteiger partial charge in [0.15, 0.2) is 0 Å². The maximum Gasteiger partial charge on any atom is 0.312 e. The number of aliphatic hydroxyl groups is 2. The fraction of sp³-hybridized carbons (Fsp3) is 0.500. The van der Waals surface area contributed by atoms with E-state index in [1.165, 1.54) is 9.80 Å². The molecule has 6 heteroatoms. The number of rotatable bonds is 7. The first-order chi connectivity index (χ1) is 10.5. The van der Waals surface area contributed by atoms with Gasteiger partial charge < -0.3 is 20.0 Å². The number of hydrogen-bond donors (Lipinski definition) is 2. The van der Waals surface area contributed by atoms with Crippen molar-refractivity contribution in [1.29, 1.82) is 0 Å². The van der Waals surface area contributed by atoms with Crippen LogP contribution in [-0.4, -0.2) is 64.2 Å². The number of nitrogens with zero attached hydrogens (tertiary/aromatic N) is 2. The quantitative estimate of drug-likeness (QED) is 0.707. The highest BCUT2D eigenvalue weighted by molar-refractivity contribution is 6.34. The summed E-state index contributed by atoms with van der Waals surface area (Å²) in [6.07, 6.45) is 0. The second-order valence-electron chi connectivity index (χ2n) is 5.25. The number of benzene rings is 1. The van der Waals surface area contributed by atoms with Crippen LogP contribution >= 0.6 is 0 Å². The monoisotopic (exact) mass is 308 g/mol. The third-order valence-corrected chi connectivity index (χ3v) is 3.29. The normalized spacial score (nSPS) is 10.6. The molecule has 0 saturated carbocycles. The van der Waals surface area contributed by atoms with Crippen LogP contribution in [0.4, 0.5) is 0 Å². The van der Waals surface area contributed by atoms with Crippen LogP contribution in [0.5, 0.6) is 0 Å².